The van der Waals surface area contributed by atoms with Gasteiger partial charge in [0.05, 0.1) is 0 Å². The number of anilines is 2. The molecule has 3 N–H and O–H groups in total. The van der Waals surface area contributed by atoms with E-state index in [0.29, 0.717) is 11.4 Å². The van der Waals surface area contributed by atoms with Gasteiger partial charge in [0.15, 0.2) is 0 Å². The van der Waals surface area contributed by atoms with E-state index < -0.39 is 0 Å². The summed E-state index contributed by atoms with van der Waals surface area (Å²) in [4.78, 5) is 25.1. The van der Waals surface area contributed by atoms with E-state index in [1.54, 1.807) is 0 Å². The normalized spacial score (nSPS) is 21.1. The van der Waals surface area contributed by atoms with Crippen LogP contribution in [0.4, 0.5) is 11.6 Å². The monoisotopic (exact) mass is 469 g/mol. The molecule has 3 fully saturated rings. The van der Waals surface area contributed by atoms with E-state index >= 15 is 0 Å². The first kappa shape index (κ1) is 24.9. The van der Waals surface area contributed by atoms with Crippen molar-refractivity contribution in [3.8, 4) is 0 Å². The topological polar surface area (TPSA) is 87.6 Å². The third-order valence-electron chi connectivity index (χ3n) is 7.65. The van der Waals surface area contributed by atoms with E-state index in [2.05, 4.69) is 25.3 Å². The number of carbonyl (C=O) groups excluding carboxylic acids is 1. The summed E-state index contributed by atoms with van der Waals surface area (Å²) in [6.45, 7) is 8.84. The molecule has 0 unspecified atom stereocenters. The lowest BCUT2D eigenvalue weighted by molar-refractivity contribution is -0.115. The number of hydrogen-bond acceptors (Lipinski definition) is 7. The lowest BCUT2D eigenvalue weighted by Crippen LogP contribution is -2.48. The molecule has 3 saturated heterocycles. The first-order valence-corrected chi connectivity index (χ1v) is 13.4. The van der Waals surface area contributed by atoms with Crippen molar-refractivity contribution in [2.24, 2.45) is 0 Å². The van der Waals surface area contributed by atoms with Gasteiger partial charge in [-0.2, -0.15) is 0 Å². The SMILES string of the molecule is CNc1nc(N2CCCCCC2)ccc1C(=N)C(=O)NC1CCN(CCN2CCCCC2)CC1. The third kappa shape index (κ3) is 6.69. The second-order valence-corrected chi connectivity index (χ2v) is 10.1. The number of likely N-dealkylation sites (tertiary alicyclic amines) is 2. The molecule has 3 aliphatic heterocycles. The molecule has 0 atom stereocenters. The zero-order valence-corrected chi connectivity index (χ0v) is 20.9. The van der Waals surface area contributed by atoms with Crippen LogP contribution in [0.3, 0.4) is 0 Å². The van der Waals surface area contributed by atoms with Gasteiger partial charge in [-0.1, -0.05) is 19.3 Å². The van der Waals surface area contributed by atoms with E-state index in [4.69, 9.17) is 10.4 Å². The standard InChI is InChI=1S/C26H43N7O/c1-28-25-22(9-10-23(30-25)33-15-7-2-3-8-16-33)24(27)26(34)29-21-11-17-32(18-12-21)20-19-31-13-5-4-6-14-31/h9-10,21,27H,2-8,11-20H2,1H3,(H,28,30)(H,29,34). The number of amides is 1. The first-order chi connectivity index (χ1) is 16.6. The number of nitrogens with one attached hydrogen (secondary N) is 3. The lowest BCUT2D eigenvalue weighted by Gasteiger charge is -2.34. The fourth-order valence-corrected chi connectivity index (χ4v) is 5.46. The van der Waals surface area contributed by atoms with E-state index in [9.17, 15) is 4.79 Å². The van der Waals surface area contributed by atoms with Gasteiger partial charge in [-0.05, 0) is 63.7 Å². The number of pyridine rings is 1. The maximum atomic E-state index is 12.9. The Balaban J connectivity index is 1.26. The second kappa shape index (κ2) is 12.5. The minimum atomic E-state index is -0.299. The van der Waals surface area contributed by atoms with E-state index in [-0.39, 0.29) is 17.7 Å². The summed E-state index contributed by atoms with van der Waals surface area (Å²) in [7, 11) is 1.81. The van der Waals surface area contributed by atoms with Gasteiger partial charge < -0.3 is 25.3 Å². The van der Waals surface area contributed by atoms with Crippen molar-refractivity contribution in [2.75, 3.05) is 69.6 Å². The Kier molecular flexibility index (Phi) is 9.16. The average molecular weight is 470 g/mol. The van der Waals surface area contributed by atoms with Crippen molar-refractivity contribution in [2.45, 2.75) is 63.8 Å². The lowest BCUT2D eigenvalue weighted by atomic mass is 10.0. The summed E-state index contributed by atoms with van der Waals surface area (Å²) in [6, 6.07) is 3.98. The summed E-state index contributed by atoms with van der Waals surface area (Å²) in [5.41, 5.74) is 0.560. The summed E-state index contributed by atoms with van der Waals surface area (Å²) < 4.78 is 0. The Morgan fingerprint density at radius 3 is 2.15 bits per heavy atom. The fraction of sp³-hybridized carbons (Fsp3) is 0.731. The minimum Gasteiger partial charge on any atom is -0.373 e. The highest BCUT2D eigenvalue weighted by molar-refractivity contribution is 6.45. The molecule has 0 spiro atoms. The van der Waals surface area contributed by atoms with Gasteiger partial charge in [0, 0.05) is 57.9 Å². The van der Waals surface area contributed by atoms with Gasteiger partial charge in [0.1, 0.15) is 17.3 Å². The Bertz CT molecular complexity index is 807. The van der Waals surface area contributed by atoms with Crippen LogP contribution in [-0.2, 0) is 4.79 Å². The number of carbonyl (C=O) groups is 1. The molecule has 1 aromatic rings. The number of nitrogens with zero attached hydrogens (tertiary/aromatic N) is 4. The second-order valence-electron chi connectivity index (χ2n) is 10.1. The number of rotatable bonds is 8. The molecule has 0 saturated carbocycles. The highest BCUT2D eigenvalue weighted by Crippen LogP contribution is 2.23. The van der Waals surface area contributed by atoms with E-state index in [1.807, 2.05) is 19.2 Å². The largest absolute Gasteiger partial charge is 0.373 e. The number of hydrogen-bond donors (Lipinski definition) is 3. The minimum absolute atomic E-state index is 0.00760. The molecule has 0 radical (unpaired) electrons. The van der Waals surface area contributed by atoms with Crippen LogP contribution in [-0.4, -0.2) is 91.9 Å². The summed E-state index contributed by atoms with van der Waals surface area (Å²) >= 11 is 0. The van der Waals surface area contributed by atoms with Crippen LogP contribution in [0.1, 0.15) is 63.4 Å². The number of aromatic nitrogens is 1. The predicted octanol–water partition coefficient (Wildman–Crippen LogP) is 2.94. The highest BCUT2D eigenvalue weighted by Gasteiger charge is 2.25. The van der Waals surface area contributed by atoms with Crippen molar-refractivity contribution in [3.63, 3.8) is 0 Å². The average Bonchev–Trinajstić information content (AvgIpc) is 3.18. The van der Waals surface area contributed by atoms with Gasteiger partial charge in [0.25, 0.3) is 5.91 Å². The quantitative estimate of drug-likeness (QED) is 0.508. The van der Waals surface area contributed by atoms with Crippen LogP contribution in [0.2, 0.25) is 0 Å². The molecule has 4 heterocycles. The Morgan fingerprint density at radius 1 is 0.912 bits per heavy atom. The summed E-state index contributed by atoms with van der Waals surface area (Å²) in [6.07, 6.45) is 10.9. The Hall–Kier alpha value is -2.19. The first-order valence-electron chi connectivity index (χ1n) is 13.4. The van der Waals surface area contributed by atoms with Crippen LogP contribution in [0.5, 0.6) is 0 Å². The Morgan fingerprint density at radius 2 is 1.50 bits per heavy atom. The Labute approximate surface area is 205 Å². The molecule has 4 rings (SSSR count). The summed E-state index contributed by atoms with van der Waals surface area (Å²) in [5, 5.41) is 14.8. The highest BCUT2D eigenvalue weighted by atomic mass is 16.1. The molecule has 1 amide bonds. The molecule has 0 aromatic carbocycles. The zero-order chi connectivity index (χ0) is 23.8. The molecule has 1 aromatic heterocycles. The molecule has 8 nitrogen and oxygen atoms in total. The molecular weight excluding hydrogens is 426 g/mol. The molecule has 0 aliphatic carbocycles. The van der Waals surface area contributed by atoms with Gasteiger partial charge in [0.2, 0.25) is 0 Å². The van der Waals surface area contributed by atoms with Crippen LogP contribution in [0.15, 0.2) is 12.1 Å². The van der Waals surface area contributed by atoms with E-state index in [1.165, 1.54) is 58.0 Å². The van der Waals surface area contributed by atoms with Crippen LogP contribution in [0.25, 0.3) is 0 Å². The smallest absolute Gasteiger partial charge is 0.270 e. The van der Waals surface area contributed by atoms with Gasteiger partial charge in [-0.25, -0.2) is 4.98 Å². The van der Waals surface area contributed by atoms with E-state index in [0.717, 1.165) is 57.9 Å². The zero-order valence-electron chi connectivity index (χ0n) is 20.9. The maximum Gasteiger partial charge on any atom is 0.270 e. The van der Waals surface area contributed by atoms with Crippen molar-refractivity contribution in [1.82, 2.24) is 20.1 Å². The van der Waals surface area contributed by atoms with Gasteiger partial charge >= 0.3 is 0 Å². The maximum absolute atomic E-state index is 12.9. The van der Waals surface area contributed by atoms with Gasteiger partial charge in [-0.15, -0.1) is 0 Å². The molecule has 3 aliphatic rings. The van der Waals surface area contributed by atoms with Crippen molar-refractivity contribution in [1.29, 1.82) is 5.41 Å². The van der Waals surface area contributed by atoms with Crippen LogP contribution < -0.4 is 15.5 Å². The predicted molar refractivity (Wildman–Crippen MR) is 139 cm³/mol. The van der Waals surface area contributed by atoms with Crippen LogP contribution in [0, 0.1) is 5.41 Å². The van der Waals surface area contributed by atoms with Gasteiger partial charge in [-0.3, -0.25) is 10.2 Å². The van der Waals surface area contributed by atoms with Crippen molar-refractivity contribution >= 4 is 23.3 Å². The molecule has 34 heavy (non-hydrogen) atoms. The fourth-order valence-electron chi connectivity index (χ4n) is 5.46. The molecule has 8 heteroatoms. The number of piperidine rings is 2. The summed E-state index contributed by atoms with van der Waals surface area (Å²) in [5.74, 6) is 1.24. The van der Waals surface area contributed by atoms with Crippen molar-refractivity contribution in [3.05, 3.63) is 17.7 Å². The molecule has 188 valence electrons. The molecular formula is C26H43N7O. The van der Waals surface area contributed by atoms with Crippen molar-refractivity contribution < 1.29 is 4.79 Å². The van der Waals surface area contributed by atoms with Crippen LogP contribution >= 0.6 is 0 Å². The molecule has 0 bridgehead atoms. The third-order valence-corrected chi connectivity index (χ3v) is 7.65.